The van der Waals surface area contributed by atoms with Crippen molar-refractivity contribution >= 4 is 43.4 Å². The second kappa shape index (κ2) is 10.2. The van der Waals surface area contributed by atoms with Crippen LogP contribution < -0.4 is 0 Å². The van der Waals surface area contributed by atoms with Crippen molar-refractivity contribution in [2.75, 3.05) is 0 Å². The topological polar surface area (TPSA) is 43.6 Å². The van der Waals surface area contributed by atoms with Crippen LogP contribution in [-0.2, 0) is 0 Å². The second-order valence-corrected chi connectivity index (χ2v) is 11.3. The summed E-state index contributed by atoms with van der Waals surface area (Å²) in [5, 5.41) is 7.19. The first kappa shape index (κ1) is 25.4. The van der Waals surface area contributed by atoms with Crippen molar-refractivity contribution in [2.24, 2.45) is 0 Å². The fourth-order valence-corrected chi connectivity index (χ4v) is 6.69. The Morgan fingerprint density at radius 2 is 1.16 bits per heavy atom. The number of para-hydroxylation sites is 1. The zero-order valence-electron chi connectivity index (χ0n) is 24.3. The van der Waals surface area contributed by atoms with Crippen molar-refractivity contribution < 1.29 is 0 Å². The number of nitrogens with zero attached hydrogens (tertiary/aromatic N) is 4. The lowest BCUT2D eigenvalue weighted by Gasteiger charge is -2.15. The smallest absolute Gasteiger partial charge is 0.0899 e. The van der Waals surface area contributed by atoms with Crippen LogP contribution in [0.15, 0.2) is 158 Å². The minimum absolute atomic E-state index is 0.841. The summed E-state index contributed by atoms with van der Waals surface area (Å²) in [6.07, 6.45) is 5.64. The van der Waals surface area contributed by atoms with E-state index in [0.717, 1.165) is 50.3 Å². The summed E-state index contributed by atoms with van der Waals surface area (Å²) < 4.78 is 2.32. The first-order valence-corrected chi connectivity index (χ1v) is 15.1. The van der Waals surface area contributed by atoms with Crippen LogP contribution in [0.2, 0.25) is 0 Å². The van der Waals surface area contributed by atoms with Gasteiger partial charge in [0.15, 0.2) is 0 Å². The van der Waals surface area contributed by atoms with E-state index in [0.29, 0.717) is 0 Å². The Balaban J connectivity index is 1.31. The maximum absolute atomic E-state index is 5.22. The highest BCUT2D eigenvalue weighted by atomic mass is 15.0. The Hall–Kier alpha value is -6.13. The average Bonchev–Trinajstić information content (AvgIpc) is 3.45. The van der Waals surface area contributed by atoms with Gasteiger partial charge < -0.3 is 4.57 Å². The number of benzene rings is 5. The molecule has 0 amide bonds. The van der Waals surface area contributed by atoms with Gasteiger partial charge in [-0.15, -0.1) is 0 Å². The van der Waals surface area contributed by atoms with Gasteiger partial charge in [0.05, 0.1) is 28.1 Å². The van der Waals surface area contributed by atoms with Gasteiger partial charge >= 0.3 is 0 Å². The maximum Gasteiger partial charge on any atom is 0.0899 e. The summed E-state index contributed by atoms with van der Waals surface area (Å²) in [5.74, 6) is 0. The molecule has 4 nitrogen and oxygen atoms in total. The minimum atomic E-state index is 0.841. The Morgan fingerprint density at radius 3 is 1.96 bits per heavy atom. The van der Waals surface area contributed by atoms with Gasteiger partial charge in [0.25, 0.3) is 0 Å². The average molecular weight is 575 g/mol. The van der Waals surface area contributed by atoms with Crippen LogP contribution in [0.1, 0.15) is 0 Å². The van der Waals surface area contributed by atoms with E-state index in [1.54, 1.807) is 0 Å². The lowest BCUT2D eigenvalue weighted by Crippen LogP contribution is -1.96. The van der Waals surface area contributed by atoms with Crippen LogP contribution in [0, 0.1) is 0 Å². The number of fused-ring (bicyclic) bond motifs is 5. The number of aromatic nitrogens is 4. The largest absolute Gasteiger partial charge is 0.309 e. The van der Waals surface area contributed by atoms with Crippen LogP contribution in [0.5, 0.6) is 0 Å². The lowest BCUT2D eigenvalue weighted by molar-refractivity contribution is 1.17. The Morgan fingerprint density at radius 1 is 0.444 bits per heavy atom. The molecule has 0 spiro atoms. The summed E-state index contributed by atoms with van der Waals surface area (Å²) in [7, 11) is 0. The standard InChI is InChI=1S/C41H26N4/c1-3-14-32-27(10-1)22-28-11-2-4-15-33(28)41(32)30-24-37(44-38(25-30)36-17-7-8-20-43-36)29-12-9-13-31(23-29)45-39-18-6-5-16-34(39)35-26-42-21-19-40(35)45/h1-26H. The summed E-state index contributed by atoms with van der Waals surface area (Å²) in [6.45, 7) is 0. The molecular formula is C41H26N4. The van der Waals surface area contributed by atoms with Gasteiger partial charge in [-0.2, -0.15) is 0 Å². The lowest BCUT2D eigenvalue weighted by atomic mass is 9.91. The highest BCUT2D eigenvalue weighted by Gasteiger charge is 2.16. The summed E-state index contributed by atoms with van der Waals surface area (Å²) in [4.78, 5) is 14.3. The minimum Gasteiger partial charge on any atom is -0.309 e. The third-order valence-corrected chi connectivity index (χ3v) is 8.69. The Labute approximate surface area is 259 Å². The zero-order valence-corrected chi connectivity index (χ0v) is 24.3. The van der Waals surface area contributed by atoms with E-state index in [-0.39, 0.29) is 0 Å². The van der Waals surface area contributed by atoms with Gasteiger partial charge in [-0.1, -0.05) is 84.9 Å². The van der Waals surface area contributed by atoms with Gasteiger partial charge in [-0.25, -0.2) is 4.98 Å². The third kappa shape index (κ3) is 4.19. The molecule has 0 aliphatic carbocycles. The summed E-state index contributed by atoms with van der Waals surface area (Å²) >= 11 is 0. The van der Waals surface area contributed by atoms with E-state index in [9.17, 15) is 0 Å². The second-order valence-electron chi connectivity index (χ2n) is 11.3. The molecule has 0 atom stereocenters. The van der Waals surface area contributed by atoms with Crippen LogP contribution in [-0.4, -0.2) is 19.5 Å². The maximum atomic E-state index is 5.22. The van der Waals surface area contributed by atoms with Gasteiger partial charge in [0, 0.05) is 40.6 Å². The summed E-state index contributed by atoms with van der Waals surface area (Å²) in [5.41, 5.74) is 9.29. The van der Waals surface area contributed by atoms with Gasteiger partial charge in [0.1, 0.15) is 0 Å². The van der Waals surface area contributed by atoms with Gasteiger partial charge in [-0.3, -0.25) is 9.97 Å². The molecule has 4 aromatic heterocycles. The van der Waals surface area contributed by atoms with Crippen molar-refractivity contribution in [3.05, 3.63) is 158 Å². The van der Waals surface area contributed by atoms with E-state index < -0.39 is 0 Å². The Kier molecular flexibility index (Phi) is 5.78. The van der Waals surface area contributed by atoms with Crippen molar-refractivity contribution in [3.63, 3.8) is 0 Å². The van der Waals surface area contributed by atoms with E-state index in [2.05, 4.69) is 131 Å². The van der Waals surface area contributed by atoms with E-state index >= 15 is 0 Å². The van der Waals surface area contributed by atoms with Crippen LogP contribution >= 0.6 is 0 Å². The number of pyridine rings is 3. The first-order chi connectivity index (χ1) is 22.3. The molecule has 0 saturated heterocycles. The molecule has 9 rings (SSSR count). The van der Waals surface area contributed by atoms with Crippen LogP contribution in [0.4, 0.5) is 0 Å². The third-order valence-electron chi connectivity index (χ3n) is 8.69. The molecule has 0 aliphatic heterocycles. The highest BCUT2D eigenvalue weighted by Crippen LogP contribution is 2.39. The molecule has 45 heavy (non-hydrogen) atoms. The molecule has 0 saturated carbocycles. The molecule has 9 aromatic rings. The summed E-state index contributed by atoms with van der Waals surface area (Å²) in [6, 6.07) is 49.2. The molecule has 0 radical (unpaired) electrons. The molecule has 0 aliphatic rings. The molecule has 0 fully saturated rings. The van der Waals surface area contributed by atoms with Crippen LogP contribution in [0.25, 0.3) is 82.8 Å². The Bertz CT molecular complexity index is 2440. The molecule has 0 bridgehead atoms. The molecular weight excluding hydrogens is 548 g/mol. The molecule has 4 heterocycles. The predicted octanol–water partition coefficient (Wildman–Crippen LogP) is 10.3. The predicted molar refractivity (Wildman–Crippen MR) is 185 cm³/mol. The van der Waals surface area contributed by atoms with Crippen molar-refractivity contribution in [3.8, 4) is 39.5 Å². The molecule has 210 valence electrons. The van der Waals surface area contributed by atoms with Crippen molar-refractivity contribution in [1.82, 2.24) is 19.5 Å². The fraction of sp³-hybridized carbons (Fsp3) is 0. The number of rotatable bonds is 4. The molecule has 5 aromatic carbocycles. The monoisotopic (exact) mass is 574 g/mol. The molecule has 0 unspecified atom stereocenters. The van der Waals surface area contributed by atoms with Gasteiger partial charge in [0.2, 0.25) is 0 Å². The normalized spacial score (nSPS) is 11.6. The van der Waals surface area contributed by atoms with E-state index in [1.165, 1.54) is 32.5 Å². The van der Waals surface area contributed by atoms with Crippen molar-refractivity contribution in [2.45, 2.75) is 0 Å². The molecule has 4 heteroatoms. The first-order valence-electron chi connectivity index (χ1n) is 15.1. The molecule has 0 N–H and O–H groups in total. The SMILES string of the molecule is c1ccc(-c2cc(-c3c4ccccc4cc4ccccc34)cc(-c3cccc(-n4c5ccccc5c5cnccc54)c3)n2)nc1. The fourth-order valence-electron chi connectivity index (χ4n) is 6.69. The quantitative estimate of drug-likeness (QED) is 0.196. The van der Waals surface area contributed by atoms with E-state index in [4.69, 9.17) is 9.97 Å². The van der Waals surface area contributed by atoms with E-state index in [1.807, 2.05) is 36.8 Å². The zero-order chi connectivity index (χ0) is 29.7. The van der Waals surface area contributed by atoms with Gasteiger partial charge in [-0.05, 0) is 87.3 Å². The van der Waals surface area contributed by atoms with Crippen LogP contribution in [0.3, 0.4) is 0 Å². The number of hydrogen-bond donors (Lipinski definition) is 0. The number of hydrogen-bond acceptors (Lipinski definition) is 3. The highest BCUT2D eigenvalue weighted by molar-refractivity contribution is 6.13. The van der Waals surface area contributed by atoms with Crippen molar-refractivity contribution in [1.29, 1.82) is 0 Å².